The molecule has 0 spiro atoms. The van der Waals surface area contributed by atoms with E-state index in [1.54, 1.807) is 6.92 Å². The summed E-state index contributed by atoms with van der Waals surface area (Å²) in [4.78, 5) is 14.1. The number of aromatic carboxylic acids is 1. The van der Waals surface area contributed by atoms with Crippen molar-refractivity contribution in [3.63, 3.8) is 0 Å². The fourth-order valence-corrected chi connectivity index (χ4v) is 3.34. The minimum absolute atomic E-state index is 0.0975. The number of H-pyrrole nitrogens is 1. The number of fused-ring (bicyclic) bond motifs is 1. The Balaban J connectivity index is 2.40. The van der Waals surface area contributed by atoms with Gasteiger partial charge < -0.3 is 21.6 Å². The van der Waals surface area contributed by atoms with Crippen molar-refractivity contribution in [2.75, 3.05) is 6.54 Å². The van der Waals surface area contributed by atoms with Gasteiger partial charge in [-0.1, -0.05) is 0 Å². The summed E-state index contributed by atoms with van der Waals surface area (Å²) in [7, 11) is 0. The molecule has 100 valence electrons. The molecule has 0 saturated carbocycles. The van der Waals surface area contributed by atoms with E-state index in [9.17, 15) is 4.79 Å². The van der Waals surface area contributed by atoms with Crippen LogP contribution in [0.15, 0.2) is 0 Å². The zero-order valence-electron chi connectivity index (χ0n) is 10.2. The summed E-state index contributed by atoms with van der Waals surface area (Å²) >= 11 is 6.46. The number of aromatic amines is 1. The van der Waals surface area contributed by atoms with Crippen LogP contribution in [0.2, 0.25) is 0 Å². The molecule has 0 bridgehead atoms. The lowest BCUT2D eigenvalue weighted by atomic mass is 9.81. The standard InChI is InChI=1S/C12H18ClN3O2/c1-5-9-8(16-11(5)12(17)18)3-2-6(10(9)13)7(15)4-14/h6-7,10,16H,2-4,14-15H2,1H3,(H,17,18). The molecule has 3 atom stereocenters. The van der Waals surface area contributed by atoms with Gasteiger partial charge in [-0.05, 0) is 36.8 Å². The fraction of sp³-hybridized carbons (Fsp3) is 0.583. The van der Waals surface area contributed by atoms with E-state index in [0.717, 1.165) is 24.1 Å². The minimum atomic E-state index is -0.953. The van der Waals surface area contributed by atoms with Gasteiger partial charge in [0.2, 0.25) is 0 Å². The van der Waals surface area contributed by atoms with Crippen LogP contribution in [0.5, 0.6) is 0 Å². The van der Waals surface area contributed by atoms with Crippen molar-refractivity contribution in [3.05, 3.63) is 22.5 Å². The third-order valence-corrected chi connectivity index (χ3v) is 4.34. The van der Waals surface area contributed by atoms with E-state index < -0.39 is 5.97 Å². The first kappa shape index (κ1) is 13.4. The predicted molar refractivity (Wildman–Crippen MR) is 69.9 cm³/mol. The molecule has 18 heavy (non-hydrogen) atoms. The molecule has 0 radical (unpaired) electrons. The van der Waals surface area contributed by atoms with Crippen molar-refractivity contribution < 1.29 is 9.90 Å². The second-order valence-electron chi connectivity index (χ2n) is 4.83. The van der Waals surface area contributed by atoms with Crippen molar-refractivity contribution >= 4 is 17.6 Å². The molecule has 5 nitrogen and oxygen atoms in total. The highest BCUT2D eigenvalue weighted by molar-refractivity contribution is 6.21. The van der Waals surface area contributed by atoms with Crippen molar-refractivity contribution in [1.82, 2.24) is 4.98 Å². The Morgan fingerprint density at radius 1 is 1.67 bits per heavy atom. The normalized spacial score (nSPS) is 24.7. The van der Waals surface area contributed by atoms with Crippen LogP contribution >= 0.6 is 11.6 Å². The monoisotopic (exact) mass is 271 g/mol. The molecule has 3 unspecified atom stereocenters. The summed E-state index contributed by atoms with van der Waals surface area (Å²) in [6, 6.07) is -0.150. The number of halogens is 1. The van der Waals surface area contributed by atoms with Crippen molar-refractivity contribution in [1.29, 1.82) is 0 Å². The van der Waals surface area contributed by atoms with Crippen LogP contribution in [0.1, 0.15) is 39.1 Å². The zero-order valence-corrected chi connectivity index (χ0v) is 11.0. The SMILES string of the molecule is Cc1c(C(=O)O)[nH]c2c1C(Cl)C(C(N)CN)CC2. The molecule has 0 saturated heterocycles. The first-order valence-corrected chi connectivity index (χ1v) is 6.45. The Bertz CT molecular complexity index is 472. The van der Waals surface area contributed by atoms with Gasteiger partial charge in [-0.3, -0.25) is 0 Å². The second kappa shape index (κ2) is 4.91. The van der Waals surface area contributed by atoms with Crippen LogP contribution in [0.3, 0.4) is 0 Å². The number of carboxylic acids is 1. The highest BCUT2D eigenvalue weighted by atomic mass is 35.5. The van der Waals surface area contributed by atoms with Gasteiger partial charge in [0.15, 0.2) is 0 Å². The molecule has 6 heteroatoms. The van der Waals surface area contributed by atoms with E-state index in [1.165, 1.54) is 0 Å². The largest absolute Gasteiger partial charge is 0.477 e. The molecule has 0 aliphatic heterocycles. The lowest BCUT2D eigenvalue weighted by Crippen LogP contribution is -2.41. The maximum Gasteiger partial charge on any atom is 0.352 e. The molecule has 6 N–H and O–H groups in total. The number of hydrogen-bond donors (Lipinski definition) is 4. The number of rotatable bonds is 3. The van der Waals surface area contributed by atoms with Gasteiger partial charge >= 0.3 is 5.97 Å². The third kappa shape index (κ3) is 2.02. The molecular weight excluding hydrogens is 254 g/mol. The Hall–Kier alpha value is -1.04. The topological polar surface area (TPSA) is 105 Å². The van der Waals surface area contributed by atoms with Gasteiger partial charge in [-0.15, -0.1) is 11.6 Å². The Kier molecular flexibility index (Phi) is 3.66. The van der Waals surface area contributed by atoms with Gasteiger partial charge in [0.1, 0.15) is 5.69 Å². The zero-order chi connectivity index (χ0) is 13.4. The van der Waals surface area contributed by atoms with Gasteiger partial charge in [-0.25, -0.2) is 4.79 Å². The number of carboxylic acid groups (broad SMARTS) is 1. The molecular formula is C12H18ClN3O2. The van der Waals surface area contributed by atoms with E-state index in [-0.39, 0.29) is 23.0 Å². The average Bonchev–Trinajstić information content (AvgIpc) is 2.67. The van der Waals surface area contributed by atoms with E-state index in [4.69, 9.17) is 28.2 Å². The van der Waals surface area contributed by atoms with Crippen LogP contribution in [0, 0.1) is 12.8 Å². The Labute approximate surface area is 110 Å². The number of hydrogen-bond acceptors (Lipinski definition) is 3. The van der Waals surface area contributed by atoms with Gasteiger partial charge in [0.25, 0.3) is 0 Å². The first-order valence-electron chi connectivity index (χ1n) is 6.01. The van der Waals surface area contributed by atoms with E-state index in [2.05, 4.69) is 4.98 Å². The van der Waals surface area contributed by atoms with E-state index in [1.807, 2.05) is 0 Å². The number of aromatic nitrogens is 1. The summed E-state index contributed by atoms with van der Waals surface area (Å²) in [5.41, 5.74) is 14.3. The summed E-state index contributed by atoms with van der Waals surface area (Å²) in [6.45, 7) is 2.17. The van der Waals surface area contributed by atoms with E-state index >= 15 is 0 Å². The molecule has 1 aliphatic carbocycles. The highest BCUT2D eigenvalue weighted by Crippen LogP contribution is 2.42. The Morgan fingerprint density at radius 2 is 2.33 bits per heavy atom. The molecule has 1 heterocycles. The number of nitrogens with one attached hydrogen (secondary N) is 1. The maximum absolute atomic E-state index is 11.1. The van der Waals surface area contributed by atoms with Gasteiger partial charge in [-0.2, -0.15) is 0 Å². The minimum Gasteiger partial charge on any atom is -0.477 e. The number of carbonyl (C=O) groups is 1. The average molecular weight is 272 g/mol. The summed E-state index contributed by atoms with van der Waals surface area (Å²) < 4.78 is 0. The molecule has 2 rings (SSSR count). The predicted octanol–water partition coefficient (Wildman–Crippen LogP) is 1.15. The number of alkyl halides is 1. The lowest BCUT2D eigenvalue weighted by molar-refractivity contribution is 0.0690. The third-order valence-electron chi connectivity index (χ3n) is 3.80. The molecule has 1 aromatic rings. The lowest BCUT2D eigenvalue weighted by Gasteiger charge is -2.32. The van der Waals surface area contributed by atoms with Crippen LogP contribution < -0.4 is 11.5 Å². The van der Waals surface area contributed by atoms with Crippen molar-refractivity contribution in [3.8, 4) is 0 Å². The first-order chi connectivity index (χ1) is 8.47. The van der Waals surface area contributed by atoms with Crippen LogP contribution in [0.4, 0.5) is 0 Å². The van der Waals surface area contributed by atoms with Crippen LogP contribution in [0.25, 0.3) is 0 Å². The Morgan fingerprint density at radius 3 is 2.89 bits per heavy atom. The van der Waals surface area contributed by atoms with Crippen LogP contribution in [-0.2, 0) is 6.42 Å². The summed E-state index contributed by atoms with van der Waals surface area (Å²) in [6.07, 6.45) is 1.60. The molecule has 0 amide bonds. The summed E-state index contributed by atoms with van der Waals surface area (Å²) in [5.74, 6) is -0.856. The smallest absolute Gasteiger partial charge is 0.352 e. The number of nitrogens with two attached hydrogens (primary N) is 2. The van der Waals surface area contributed by atoms with Gasteiger partial charge in [0.05, 0.1) is 5.38 Å². The van der Waals surface area contributed by atoms with Crippen LogP contribution in [-0.4, -0.2) is 28.6 Å². The number of aryl methyl sites for hydroxylation is 1. The molecule has 0 aromatic carbocycles. The van der Waals surface area contributed by atoms with E-state index in [0.29, 0.717) is 12.1 Å². The second-order valence-corrected chi connectivity index (χ2v) is 5.30. The quantitative estimate of drug-likeness (QED) is 0.619. The summed E-state index contributed by atoms with van der Waals surface area (Å²) in [5, 5.41) is 8.84. The fourth-order valence-electron chi connectivity index (χ4n) is 2.73. The van der Waals surface area contributed by atoms with Gasteiger partial charge in [0, 0.05) is 18.3 Å². The van der Waals surface area contributed by atoms with Crippen molar-refractivity contribution in [2.24, 2.45) is 17.4 Å². The maximum atomic E-state index is 11.1. The van der Waals surface area contributed by atoms with Crippen molar-refractivity contribution in [2.45, 2.75) is 31.2 Å². The highest BCUT2D eigenvalue weighted by Gasteiger charge is 2.35. The molecule has 1 aromatic heterocycles. The molecule has 1 aliphatic rings. The molecule has 0 fully saturated rings.